The minimum absolute atomic E-state index is 0.00729. The molecule has 0 saturated carbocycles. The van der Waals surface area contributed by atoms with Crippen LogP contribution in [0, 0.1) is 0 Å². The summed E-state index contributed by atoms with van der Waals surface area (Å²) in [6, 6.07) is 2.34. The molecule has 1 saturated heterocycles. The number of hydrogen-bond acceptors (Lipinski definition) is 13. The average Bonchev–Trinajstić information content (AvgIpc) is 3.47. The Hall–Kier alpha value is -4.42. The molecule has 5 heterocycles. The van der Waals surface area contributed by atoms with Crippen LogP contribution in [0.15, 0.2) is 34.8 Å². The van der Waals surface area contributed by atoms with E-state index in [0.717, 1.165) is 16.2 Å². The van der Waals surface area contributed by atoms with Crippen molar-refractivity contribution < 1.29 is 38.8 Å². The molecule has 214 valence electrons. The number of nitrogens with one attached hydrogen (secondary N) is 2. The highest BCUT2D eigenvalue weighted by Gasteiger charge is 2.53. The van der Waals surface area contributed by atoms with Gasteiger partial charge >= 0.3 is 11.6 Å². The van der Waals surface area contributed by atoms with Crippen molar-refractivity contribution in [3.63, 3.8) is 0 Å². The largest absolute Gasteiger partial charge is 0.543 e. The Morgan fingerprint density at radius 2 is 2.20 bits per heavy atom. The van der Waals surface area contributed by atoms with Crippen LogP contribution in [0.4, 0.5) is 10.9 Å². The number of thioether (sulfide) groups is 1. The molecule has 19 heteroatoms. The van der Waals surface area contributed by atoms with Gasteiger partial charge in [0.2, 0.25) is 6.10 Å². The van der Waals surface area contributed by atoms with Gasteiger partial charge in [0, 0.05) is 11.3 Å². The van der Waals surface area contributed by atoms with E-state index in [2.05, 4.69) is 25.7 Å². The molecule has 0 aliphatic carbocycles. The summed E-state index contributed by atoms with van der Waals surface area (Å²) in [4.78, 5) is 59.6. The van der Waals surface area contributed by atoms with Gasteiger partial charge in [-0.1, -0.05) is 28.1 Å². The maximum absolute atomic E-state index is 13.2. The number of fused-ring (bicyclic) bond motifs is 2. The summed E-state index contributed by atoms with van der Waals surface area (Å²) in [6.07, 6.45) is 0.281. The van der Waals surface area contributed by atoms with Crippen LogP contribution >= 0.6 is 34.7 Å². The van der Waals surface area contributed by atoms with E-state index in [1.54, 1.807) is 22.9 Å². The summed E-state index contributed by atoms with van der Waals surface area (Å²) in [6.45, 7) is 1.28. The highest BCUT2D eigenvalue weighted by molar-refractivity contribution is 8.00. The molecule has 0 bridgehead atoms. The number of nitrogens with two attached hydrogens (primary N) is 2. The number of amides is 2. The van der Waals surface area contributed by atoms with E-state index >= 15 is 0 Å². The van der Waals surface area contributed by atoms with E-state index in [4.69, 9.17) is 33.0 Å². The fraction of sp³-hybridized carbons (Fsp3) is 0.273. The SMILES string of the molecule is C[C@H](O/N=C(\C(=O)N[C@@H]1C(=O)N2C(C(=O)[O-])=C(C[n+]3cccc4c(N)[nH]nc43)CSC12)c1nc(N)sc1Cl)C(=O)O. The first-order valence-corrected chi connectivity index (χ1v) is 13.9. The topological polar surface area (TPSA) is 246 Å². The molecule has 3 aromatic rings. The van der Waals surface area contributed by atoms with Crippen molar-refractivity contribution in [2.45, 2.75) is 31.0 Å². The summed E-state index contributed by atoms with van der Waals surface area (Å²) in [5.74, 6) is -4.02. The van der Waals surface area contributed by atoms with Crippen molar-refractivity contribution in [3.05, 3.63) is 39.6 Å². The smallest absolute Gasteiger partial charge is 0.359 e. The fourth-order valence-corrected chi connectivity index (χ4v) is 6.48. The predicted molar refractivity (Wildman–Crippen MR) is 144 cm³/mol. The first-order chi connectivity index (χ1) is 19.5. The summed E-state index contributed by atoms with van der Waals surface area (Å²) < 4.78 is 1.67. The number of carbonyl (C=O) groups excluding carboxylic acids is 3. The second-order valence-corrected chi connectivity index (χ2v) is 11.5. The molecule has 16 nitrogen and oxygen atoms in total. The van der Waals surface area contributed by atoms with Crippen LogP contribution in [0.1, 0.15) is 12.6 Å². The minimum atomic E-state index is -1.55. The fourth-order valence-electron chi connectivity index (χ4n) is 4.22. The first-order valence-electron chi connectivity index (χ1n) is 11.7. The summed E-state index contributed by atoms with van der Waals surface area (Å²) >= 11 is 8.21. The Balaban J connectivity index is 1.39. The van der Waals surface area contributed by atoms with E-state index in [0.29, 0.717) is 22.4 Å². The normalized spacial score (nSPS) is 19.5. The maximum atomic E-state index is 13.2. The lowest BCUT2D eigenvalue weighted by Gasteiger charge is -2.50. The van der Waals surface area contributed by atoms with Crippen LogP contribution in [-0.2, 0) is 30.6 Å². The van der Waals surface area contributed by atoms with Crippen molar-refractivity contribution in [3.8, 4) is 0 Å². The molecular formula is C22H20ClN9O7S2. The number of anilines is 2. The number of thiazole rings is 1. The van der Waals surface area contributed by atoms with E-state index in [9.17, 15) is 24.3 Å². The molecule has 41 heavy (non-hydrogen) atoms. The van der Waals surface area contributed by atoms with Gasteiger partial charge in [-0.25, -0.2) is 14.3 Å². The molecular weight excluding hydrogens is 602 g/mol. The number of pyridine rings is 1. The highest BCUT2D eigenvalue weighted by atomic mass is 35.5. The standard InChI is InChI=1S/C22H20ClN9O7S2/c1-7(20(35)36)39-30-11(10-14(23)41-22(25)27-10)17(33)26-12-18(34)32-13(21(37)38)8(6-40-19(12)32)5-31-4-2-3-9-15(24)28-29-16(9)31/h2-4,7,12,19H,5-6H2,1H3,(H7,24,25,26,27,28,33,35,36,37,38)/b30-11-/t7-,12+,19?/m0/s1. The van der Waals surface area contributed by atoms with Gasteiger partial charge in [-0.2, -0.15) is 5.10 Å². The van der Waals surface area contributed by atoms with Gasteiger partial charge in [0.1, 0.15) is 33.4 Å². The van der Waals surface area contributed by atoms with Gasteiger partial charge in [0.15, 0.2) is 16.7 Å². The molecule has 2 aliphatic rings. The number of nitrogens with zero attached hydrogens (tertiary/aromatic N) is 5. The molecule has 2 amide bonds. The van der Waals surface area contributed by atoms with E-state index in [1.165, 1.54) is 18.7 Å². The predicted octanol–water partition coefficient (Wildman–Crippen LogP) is -1.58. The molecule has 5 rings (SSSR count). The van der Waals surface area contributed by atoms with Crippen LogP contribution in [-0.4, -0.2) is 77.9 Å². The Bertz CT molecular complexity index is 1670. The second kappa shape index (κ2) is 10.9. The van der Waals surface area contributed by atoms with Crippen LogP contribution in [0.3, 0.4) is 0 Å². The maximum Gasteiger partial charge on any atom is 0.359 e. The Morgan fingerprint density at radius 1 is 1.44 bits per heavy atom. The van der Waals surface area contributed by atoms with Gasteiger partial charge in [0.05, 0.1) is 23.0 Å². The third kappa shape index (κ3) is 5.11. The monoisotopic (exact) mass is 621 g/mol. The molecule has 1 fully saturated rings. The number of aliphatic carboxylic acids is 2. The number of carboxylic acid groups (broad SMARTS) is 2. The van der Waals surface area contributed by atoms with E-state index in [-0.39, 0.29) is 33.2 Å². The minimum Gasteiger partial charge on any atom is -0.543 e. The molecule has 3 atom stereocenters. The number of nitrogen functional groups attached to an aromatic ring is 2. The number of aromatic nitrogens is 4. The molecule has 0 radical (unpaired) electrons. The van der Waals surface area contributed by atoms with Crippen molar-refractivity contribution in [1.29, 1.82) is 0 Å². The summed E-state index contributed by atoms with van der Waals surface area (Å²) in [5.41, 5.74) is 11.5. The average molecular weight is 622 g/mol. The zero-order valence-corrected chi connectivity index (χ0v) is 23.2. The van der Waals surface area contributed by atoms with Gasteiger partial charge in [-0.3, -0.25) is 14.5 Å². The van der Waals surface area contributed by atoms with Crippen LogP contribution in [0.5, 0.6) is 0 Å². The van der Waals surface area contributed by atoms with Crippen molar-refractivity contribution in [2.24, 2.45) is 5.16 Å². The number of aromatic amines is 1. The molecule has 1 unspecified atom stereocenters. The Morgan fingerprint density at radius 3 is 2.85 bits per heavy atom. The second-order valence-electron chi connectivity index (χ2n) is 8.81. The number of H-pyrrole nitrogens is 1. The van der Waals surface area contributed by atoms with Crippen LogP contribution < -0.4 is 26.5 Å². The third-order valence-electron chi connectivity index (χ3n) is 6.19. The van der Waals surface area contributed by atoms with Gasteiger partial charge in [-0.05, 0) is 19.1 Å². The van der Waals surface area contributed by atoms with Crippen molar-refractivity contribution in [1.82, 2.24) is 25.4 Å². The van der Waals surface area contributed by atoms with E-state index < -0.39 is 47.0 Å². The molecule has 0 aromatic carbocycles. The Labute approximate surface area is 243 Å². The summed E-state index contributed by atoms with van der Waals surface area (Å²) in [7, 11) is 0. The van der Waals surface area contributed by atoms with Crippen LogP contribution in [0.25, 0.3) is 11.0 Å². The number of rotatable bonds is 9. The Kier molecular flexibility index (Phi) is 7.45. The molecule has 7 N–H and O–H groups in total. The quantitative estimate of drug-likeness (QED) is 0.0786. The van der Waals surface area contributed by atoms with Gasteiger partial charge in [-0.15, -0.1) is 11.8 Å². The number of oxime groups is 1. The number of carboxylic acids is 2. The molecule has 0 spiro atoms. The van der Waals surface area contributed by atoms with Crippen LogP contribution in [0.2, 0.25) is 4.34 Å². The number of carbonyl (C=O) groups is 4. The third-order valence-corrected chi connectivity index (χ3v) is 8.62. The van der Waals surface area contributed by atoms with E-state index in [1.807, 2.05) is 0 Å². The number of hydrogen-bond donors (Lipinski definition) is 5. The number of β-lactam (4-membered cyclic amide) rings is 1. The highest BCUT2D eigenvalue weighted by Crippen LogP contribution is 2.40. The molecule has 2 aliphatic heterocycles. The lowest BCUT2D eigenvalue weighted by Crippen LogP contribution is -2.71. The summed E-state index contributed by atoms with van der Waals surface area (Å²) in [5, 5.41) is 34.1. The number of halogens is 1. The van der Waals surface area contributed by atoms with Crippen molar-refractivity contribution >= 4 is 86.1 Å². The zero-order valence-electron chi connectivity index (χ0n) is 20.9. The van der Waals surface area contributed by atoms with Crippen molar-refractivity contribution in [2.75, 3.05) is 17.2 Å². The molecule has 3 aromatic heterocycles. The van der Waals surface area contributed by atoms with Gasteiger partial charge in [0.25, 0.3) is 11.8 Å². The van der Waals surface area contributed by atoms with Gasteiger partial charge < -0.3 is 36.6 Å². The lowest BCUT2D eigenvalue weighted by molar-refractivity contribution is -0.665. The lowest BCUT2D eigenvalue weighted by atomic mass is 10.0. The zero-order chi connectivity index (χ0) is 29.6. The first kappa shape index (κ1) is 28.1.